The molecule has 1 unspecified atom stereocenters. The largest absolute Gasteiger partial charge is 0.341 e. The first-order chi connectivity index (χ1) is 14.3. The predicted octanol–water partition coefficient (Wildman–Crippen LogP) is -2.07. The van der Waals surface area contributed by atoms with E-state index in [1.807, 2.05) is 0 Å². The fourth-order valence-corrected chi connectivity index (χ4v) is 4.48. The highest BCUT2D eigenvalue weighted by atomic mass is 16.2. The average Bonchev–Trinajstić information content (AvgIpc) is 3.17. The summed E-state index contributed by atoms with van der Waals surface area (Å²) >= 11 is 0. The highest BCUT2D eigenvalue weighted by Crippen LogP contribution is 2.40. The Bertz CT molecular complexity index is 786. The Labute approximate surface area is 172 Å². The number of carbonyl (C=O) groups excluding carboxylic acids is 6. The van der Waals surface area contributed by atoms with Gasteiger partial charge in [0.05, 0.1) is 0 Å². The first kappa shape index (κ1) is 21.7. The van der Waals surface area contributed by atoms with Crippen LogP contribution >= 0.6 is 0 Å². The summed E-state index contributed by atoms with van der Waals surface area (Å²) in [4.78, 5) is 78.0. The minimum absolute atomic E-state index is 0.0470. The lowest BCUT2D eigenvalue weighted by Gasteiger charge is -2.46. The van der Waals surface area contributed by atoms with Crippen LogP contribution in [0.15, 0.2) is 24.3 Å². The van der Waals surface area contributed by atoms with E-state index in [1.54, 1.807) is 0 Å². The van der Waals surface area contributed by atoms with E-state index in [1.165, 1.54) is 0 Å². The zero-order chi connectivity index (χ0) is 22.1. The van der Waals surface area contributed by atoms with Gasteiger partial charge in [0.2, 0.25) is 11.8 Å². The van der Waals surface area contributed by atoms with Gasteiger partial charge < -0.3 is 21.7 Å². The van der Waals surface area contributed by atoms with Gasteiger partial charge in [0.25, 0.3) is 0 Å². The van der Waals surface area contributed by atoms with Crippen molar-refractivity contribution >= 4 is 34.9 Å². The van der Waals surface area contributed by atoms with Crippen molar-refractivity contribution in [3.05, 3.63) is 24.3 Å². The molecule has 0 aromatic rings. The molecule has 30 heavy (non-hydrogen) atoms. The summed E-state index contributed by atoms with van der Waals surface area (Å²) in [6.07, 6.45) is 4.72. The van der Waals surface area contributed by atoms with Gasteiger partial charge in [-0.25, -0.2) is 0 Å². The summed E-state index contributed by atoms with van der Waals surface area (Å²) in [7, 11) is 0. The average molecular weight is 416 g/mol. The minimum atomic E-state index is -1.89. The van der Waals surface area contributed by atoms with Crippen LogP contribution in [0.5, 0.6) is 0 Å². The van der Waals surface area contributed by atoms with Crippen molar-refractivity contribution in [1.29, 1.82) is 0 Å². The number of hydrogen-bond donors (Lipinski definition) is 3. The fourth-order valence-electron chi connectivity index (χ4n) is 4.48. The second-order valence-corrected chi connectivity index (χ2v) is 7.66. The van der Waals surface area contributed by atoms with Crippen LogP contribution < -0.4 is 16.8 Å². The van der Waals surface area contributed by atoms with Crippen molar-refractivity contribution in [2.75, 3.05) is 19.6 Å². The van der Waals surface area contributed by atoms with Gasteiger partial charge in [-0.15, -0.1) is 0 Å². The third kappa shape index (κ3) is 3.03. The Morgan fingerprint density at radius 3 is 1.87 bits per heavy atom. The molecule has 0 saturated carbocycles. The Morgan fingerprint density at radius 1 is 0.833 bits per heavy atom. The first-order valence-electron chi connectivity index (χ1n) is 9.80. The van der Waals surface area contributed by atoms with Crippen molar-refractivity contribution in [2.45, 2.75) is 37.3 Å². The molecule has 1 fully saturated rings. The molecular weight excluding hydrogens is 392 g/mol. The van der Waals surface area contributed by atoms with Crippen molar-refractivity contribution in [2.24, 2.45) is 16.9 Å². The molecule has 3 rings (SSSR count). The fraction of sp³-hybridized carbons (Fsp3) is 0.500. The van der Waals surface area contributed by atoms with Gasteiger partial charge in [-0.1, -0.05) is 0 Å². The molecule has 10 nitrogen and oxygen atoms in total. The second-order valence-electron chi connectivity index (χ2n) is 7.66. The highest BCUT2D eigenvalue weighted by molar-refractivity contribution is 6.29. The van der Waals surface area contributed by atoms with Crippen LogP contribution in [-0.4, -0.2) is 71.1 Å². The van der Waals surface area contributed by atoms with Crippen LogP contribution in [0.3, 0.4) is 0 Å². The van der Waals surface area contributed by atoms with E-state index in [2.05, 4.69) is 5.32 Å². The predicted molar refractivity (Wildman–Crippen MR) is 104 cm³/mol. The summed E-state index contributed by atoms with van der Waals surface area (Å²) in [6.45, 7) is -0.203. The number of nitrogens with one attached hydrogen (secondary N) is 1. The van der Waals surface area contributed by atoms with Crippen LogP contribution in [-0.2, 0) is 28.8 Å². The smallest absolute Gasteiger partial charge is 0.248 e. The lowest BCUT2D eigenvalue weighted by Crippen LogP contribution is -2.73. The molecule has 3 aliphatic rings. The molecule has 5 N–H and O–H groups in total. The minimum Gasteiger partial charge on any atom is -0.341 e. The van der Waals surface area contributed by atoms with Crippen molar-refractivity contribution in [3.63, 3.8) is 0 Å². The maximum absolute atomic E-state index is 13.5. The van der Waals surface area contributed by atoms with Gasteiger partial charge in [0, 0.05) is 0 Å². The summed E-state index contributed by atoms with van der Waals surface area (Å²) in [5.74, 6) is -3.96. The standard InChI is InChI=1S/C20H24N4O6/c21-9-1-7-19(12(25)3-4-13(19)26)17-18(30)24(11-16(29)23-17)20(8-2-10-22)14(27)5-6-15(20)28/h3-6,17H,1-2,7-11,21-22H2,(H,23,29). The maximum atomic E-state index is 13.5. The zero-order valence-electron chi connectivity index (χ0n) is 16.4. The third-order valence-corrected chi connectivity index (χ3v) is 6.06. The molecule has 2 aliphatic carbocycles. The highest BCUT2D eigenvalue weighted by Gasteiger charge is 2.62. The molecule has 0 aromatic heterocycles. The van der Waals surface area contributed by atoms with Gasteiger partial charge in [-0.2, -0.15) is 0 Å². The van der Waals surface area contributed by atoms with Gasteiger partial charge in [0.1, 0.15) is 18.0 Å². The number of ketones is 4. The number of nitrogens with two attached hydrogens (primary N) is 2. The van der Waals surface area contributed by atoms with E-state index in [9.17, 15) is 28.8 Å². The normalized spacial score (nSPS) is 24.9. The monoisotopic (exact) mass is 416 g/mol. The Hall–Kier alpha value is -2.98. The van der Waals surface area contributed by atoms with E-state index in [0.717, 1.165) is 29.2 Å². The zero-order valence-corrected chi connectivity index (χ0v) is 16.4. The summed E-state index contributed by atoms with van der Waals surface area (Å²) in [6, 6.07) is -1.53. The Kier molecular flexibility index (Phi) is 5.82. The summed E-state index contributed by atoms with van der Waals surface area (Å²) < 4.78 is 0. The molecule has 10 heteroatoms. The molecule has 1 saturated heterocycles. The van der Waals surface area contributed by atoms with Crippen LogP contribution in [0.1, 0.15) is 25.7 Å². The number of amides is 2. The van der Waals surface area contributed by atoms with Crippen LogP contribution in [0.25, 0.3) is 0 Å². The Balaban J connectivity index is 2.07. The quantitative estimate of drug-likeness (QED) is 0.379. The summed E-state index contributed by atoms with van der Waals surface area (Å²) in [5, 5.41) is 2.45. The molecule has 0 radical (unpaired) electrons. The molecule has 1 atom stereocenters. The lowest BCUT2D eigenvalue weighted by atomic mass is 9.70. The number of hydrogen-bond acceptors (Lipinski definition) is 8. The summed E-state index contributed by atoms with van der Waals surface area (Å²) in [5.41, 5.74) is 7.38. The van der Waals surface area contributed by atoms with Crippen LogP contribution in [0, 0.1) is 5.41 Å². The molecule has 2 amide bonds. The van der Waals surface area contributed by atoms with Crippen molar-refractivity contribution in [1.82, 2.24) is 10.2 Å². The number of rotatable bonds is 8. The number of carbonyl (C=O) groups is 6. The lowest BCUT2D eigenvalue weighted by molar-refractivity contribution is -0.163. The van der Waals surface area contributed by atoms with Crippen molar-refractivity contribution < 1.29 is 28.8 Å². The maximum Gasteiger partial charge on any atom is 0.248 e. The third-order valence-electron chi connectivity index (χ3n) is 6.06. The second kappa shape index (κ2) is 8.04. The first-order valence-corrected chi connectivity index (χ1v) is 9.80. The number of allylic oxidation sites excluding steroid dienone is 2. The molecule has 1 heterocycles. The Morgan fingerprint density at radius 2 is 1.33 bits per heavy atom. The molecule has 160 valence electrons. The van der Waals surface area contributed by atoms with Gasteiger partial charge in [0.15, 0.2) is 28.7 Å². The van der Waals surface area contributed by atoms with E-state index in [0.29, 0.717) is 0 Å². The molecule has 0 bridgehead atoms. The van der Waals surface area contributed by atoms with Gasteiger partial charge in [-0.3, -0.25) is 28.8 Å². The molecule has 1 aliphatic heterocycles. The topological polar surface area (TPSA) is 170 Å². The van der Waals surface area contributed by atoms with E-state index in [-0.39, 0.29) is 38.8 Å². The van der Waals surface area contributed by atoms with E-state index < -0.39 is 58.5 Å². The van der Waals surface area contributed by atoms with Crippen LogP contribution in [0.4, 0.5) is 0 Å². The number of piperazine rings is 1. The molecule has 0 aromatic carbocycles. The molecule has 0 spiro atoms. The van der Waals surface area contributed by atoms with Crippen molar-refractivity contribution in [3.8, 4) is 0 Å². The van der Waals surface area contributed by atoms with E-state index in [4.69, 9.17) is 11.5 Å². The SMILES string of the molecule is NCCCC1(C2NC(=O)CN(C3(CCCN)C(=O)C=CC3=O)C2=O)C(=O)C=CC1=O. The van der Waals surface area contributed by atoms with Gasteiger partial charge >= 0.3 is 0 Å². The van der Waals surface area contributed by atoms with Crippen LogP contribution in [0.2, 0.25) is 0 Å². The molecular formula is C20H24N4O6. The number of nitrogens with zero attached hydrogens (tertiary/aromatic N) is 1. The van der Waals surface area contributed by atoms with Gasteiger partial charge in [-0.05, 0) is 63.1 Å². The van der Waals surface area contributed by atoms with E-state index >= 15 is 0 Å².